The average Bonchev–Trinajstić information content (AvgIpc) is 3.34. The maximum absolute atomic E-state index is 13.8. The number of anilines is 1. The van der Waals surface area contributed by atoms with Crippen molar-refractivity contribution < 1.29 is 9.18 Å². The molecule has 4 aromatic rings. The second-order valence-corrected chi connectivity index (χ2v) is 8.67. The largest absolute Gasteiger partial charge is 0.329 e. The summed E-state index contributed by atoms with van der Waals surface area (Å²) in [5.41, 5.74) is 3.31. The molecule has 0 unspecified atom stereocenters. The minimum absolute atomic E-state index is 0.116. The van der Waals surface area contributed by atoms with Crippen molar-refractivity contribution in [3.05, 3.63) is 77.3 Å². The van der Waals surface area contributed by atoms with Gasteiger partial charge < -0.3 is 9.88 Å². The molecule has 2 heterocycles. The third-order valence-corrected chi connectivity index (χ3v) is 6.48. The predicted molar refractivity (Wildman–Crippen MR) is 118 cm³/mol. The first-order valence-corrected chi connectivity index (χ1v) is 10.9. The Bertz CT molecular complexity index is 1180. The fourth-order valence-corrected chi connectivity index (χ4v) is 4.51. The Kier molecular flexibility index (Phi) is 5.96. The molecular weight excluding hydrogens is 419 g/mol. The average molecular weight is 439 g/mol. The van der Waals surface area contributed by atoms with Gasteiger partial charge in [-0.2, -0.15) is 0 Å². The summed E-state index contributed by atoms with van der Waals surface area (Å²) in [5.74, 6) is -0.659. The van der Waals surface area contributed by atoms with Crippen molar-refractivity contribution in [1.82, 2.24) is 14.5 Å². The van der Waals surface area contributed by atoms with Crippen molar-refractivity contribution in [3.8, 4) is 10.6 Å². The number of rotatable bonds is 6. The molecule has 2 aromatic carbocycles. The molecule has 0 aliphatic rings. The van der Waals surface area contributed by atoms with Crippen LogP contribution in [0.25, 0.3) is 10.6 Å². The number of hydrogen-bond donors (Lipinski definition) is 1. The maximum Gasteiger partial charge on any atom is 0.230 e. The van der Waals surface area contributed by atoms with Crippen molar-refractivity contribution in [2.24, 2.45) is 7.05 Å². The van der Waals surface area contributed by atoms with Gasteiger partial charge in [0, 0.05) is 35.3 Å². The summed E-state index contributed by atoms with van der Waals surface area (Å²) in [4.78, 5) is 22.2. The van der Waals surface area contributed by atoms with E-state index in [1.54, 1.807) is 12.3 Å². The first kappa shape index (κ1) is 20.3. The predicted octanol–water partition coefficient (Wildman–Crippen LogP) is 5.32. The molecular formula is C22H19FN4OS2. The van der Waals surface area contributed by atoms with E-state index in [1.165, 1.54) is 40.8 Å². The van der Waals surface area contributed by atoms with E-state index >= 15 is 0 Å². The van der Waals surface area contributed by atoms with Gasteiger partial charge in [0.05, 0.1) is 17.8 Å². The number of imidazole rings is 1. The number of halogens is 1. The van der Waals surface area contributed by atoms with Crippen molar-refractivity contribution in [1.29, 1.82) is 0 Å². The highest BCUT2D eigenvalue weighted by molar-refractivity contribution is 7.99. The van der Waals surface area contributed by atoms with Crippen LogP contribution in [0.3, 0.4) is 0 Å². The number of amides is 1. The van der Waals surface area contributed by atoms with Crippen molar-refractivity contribution in [2.45, 2.75) is 23.4 Å². The van der Waals surface area contributed by atoms with E-state index < -0.39 is 5.82 Å². The van der Waals surface area contributed by atoms with Gasteiger partial charge >= 0.3 is 0 Å². The minimum Gasteiger partial charge on any atom is -0.329 e. The van der Waals surface area contributed by atoms with E-state index in [0.29, 0.717) is 11.4 Å². The minimum atomic E-state index is -0.412. The second-order valence-electron chi connectivity index (χ2n) is 6.80. The van der Waals surface area contributed by atoms with Crippen LogP contribution in [0.5, 0.6) is 0 Å². The molecule has 0 aliphatic carbocycles. The first-order valence-electron chi connectivity index (χ1n) is 9.24. The molecule has 0 saturated carbocycles. The van der Waals surface area contributed by atoms with E-state index in [0.717, 1.165) is 20.6 Å². The van der Waals surface area contributed by atoms with Crippen LogP contribution >= 0.6 is 23.1 Å². The van der Waals surface area contributed by atoms with Gasteiger partial charge in [-0.1, -0.05) is 29.8 Å². The summed E-state index contributed by atoms with van der Waals surface area (Å²) >= 11 is 2.86. The van der Waals surface area contributed by atoms with Gasteiger partial charge in [0.2, 0.25) is 5.91 Å². The van der Waals surface area contributed by atoms with Gasteiger partial charge in [-0.05, 0) is 36.9 Å². The van der Waals surface area contributed by atoms with E-state index in [2.05, 4.69) is 15.3 Å². The second kappa shape index (κ2) is 8.81. The quantitative estimate of drug-likeness (QED) is 0.442. The van der Waals surface area contributed by atoms with Crippen LogP contribution in [0.4, 0.5) is 10.1 Å². The van der Waals surface area contributed by atoms with Crippen LogP contribution in [0, 0.1) is 12.7 Å². The van der Waals surface area contributed by atoms with Gasteiger partial charge in [0.1, 0.15) is 10.8 Å². The number of aryl methyl sites for hydroxylation is 2. The molecule has 8 heteroatoms. The summed E-state index contributed by atoms with van der Waals surface area (Å²) in [6.45, 7) is 2.04. The van der Waals surface area contributed by atoms with E-state index in [-0.39, 0.29) is 12.3 Å². The topological polar surface area (TPSA) is 59.8 Å². The zero-order chi connectivity index (χ0) is 21.1. The summed E-state index contributed by atoms with van der Waals surface area (Å²) in [6.07, 6.45) is 3.64. The zero-order valence-electron chi connectivity index (χ0n) is 16.4. The van der Waals surface area contributed by atoms with Crippen LogP contribution < -0.4 is 5.32 Å². The van der Waals surface area contributed by atoms with Crippen LogP contribution in [-0.4, -0.2) is 20.4 Å². The Morgan fingerprint density at radius 1 is 1.23 bits per heavy atom. The molecule has 0 aliphatic heterocycles. The molecule has 0 saturated heterocycles. The van der Waals surface area contributed by atoms with Crippen molar-refractivity contribution >= 4 is 34.7 Å². The lowest BCUT2D eigenvalue weighted by atomic mass is 10.2. The molecule has 1 amide bonds. The standard InChI is InChI=1S/C22H19FN4OS2/c1-14-3-5-15(6-4-14)21-25-17(13-29-21)12-20(28)26-18-11-16(23)7-8-19(18)30-22-24-9-10-27(22)2/h3-11,13H,12H2,1-2H3,(H,26,28). The Labute approximate surface area is 182 Å². The number of carbonyl (C=O) groups excluding carboxylic acids is 1. The summed E-state index contributed by atoms with van der Waals surface area (Å²) < 4.78 is 15.7. The van der Waals surface area contributed by atoms with E-state index in [1.807, 2.05) is 54.4 Å². The fraction of sp³-hybridized carbons (Fsp3) is 0.136. The Morgan fingerprint density at radius 2 is 2.03 bits per heavy atom. The molecule has 0 atom stereocenters. The number of carbonyl (C=O) groups is 1. The molecule has 0 fully saturated rings. The molecule has 0 radical (unpaired) electrons. The lowest BCUT2D eigenvalue weighted by Gasteiger charge is -2.10. The van der Waals surface area contributed by atoms with Crippen LogP contribution in [-0.2, 0) is 18.3 Å². The lowest BCUT2D eigenvalue weighted by molar-refractivity contribution is -0.115. The van der Waals surface area contributed by atoms with Gasteiger partial charge in [0.15, 0.2) is 5.16 Å². The number of nitrogens with zero attached hydrogens (tertiary/aromatic N) is 3. The van der Waals surface area contributed by atoms with Crippen LogP contribution in [0.2, 0.25) is 0 Å². The molecule has 4 rings (SSSR count). The molecule has 1 N–H and O–H groups in total. The van der Waals surface area contributed by atoms with Crippen molar-refractivity contribution in [3.63, 3.8) is 0 Å². The molecule has 2 aromatic heterocycles. The monoisotopic (exact) mass is 438 g/mol. The maximum atomic E-state index is 13.8. The number of benzene rings is 2. The van der Waals surface area contributed by atoms with Gasteiger partial charge in [-0.3, -0.25) is 4.79 Å². The molecule has 0 spiro atoms. The summed E-state index contributed by atoms with van der Waals surface area (Å²) in [6, 6.07) is 12.4. The fourth-order valence-electron chi connectivity index (χ4n) is 2.81. The molecule has 0 bridgehead atoms. The van der Waals surface area contributed by atoms with Crippen LogP contribution in [0.1, 0.15) is 11.3 Å². The molecule has 5 nitrogen and oxygen atoms in total. The lowest BCUT2D eigenvalue weighted by Crippen LogP contribution is -2.15. The number of aromatic nitrogens is 3. The van der Waals surface area contributed by atoms with Gasteiger partial charge in [0.25, 0.3) is 0 Å². The first-order chi connectivity index (χ1) is 14.5. The summed E-state index contributed by atoms with van der Waals surface area (Å²) in [7, 11) is 1.88. The summed E-state index contributed by atoms with van der Waals surface area (Å²) in [5, 5.41) is 6.31. The number of hydrogen-bond acceptors (Lipinski definition) is 5. The SMILES string of the molecule is Cc1ccc(-c2nc(CC(=O)Nc3cc(F)ccc3Sc3nccn3C)cs2)cc1. The third-order valence-electron chi connectivity index (χ3n) is 4.39. The number of thiazole rings is 1. The highest BCUT2D eigenvalue weighted by atomic mass is 32.2. The third kappa shape index (κ3) is 4.77. The van der Waals surface area contributed by atoms with E-state index in [4.69, 9.17) is 0 Å². The molecule has 30 heavy (non-hydrogen) atoms. The Morgan fingerprint density at radius 3 is 2.77 bits per heavy atom. The highest BCUT2D eigenvalue weighted by Crippen LogP contribution is 2.33. The Balaban J connectivity index is 1.47. The van der Waals surface area contributed by atoms with Gasteiger partial charge in [-0.25, -0.2) is 14.4 Å². The van der Waals surface area contributed by atoms with Gasteiger partial charge in [-0.15, -0.1) is 11.3 Å². The van der Waals surface area contributed by atoms with Crippen molar-refractivity contribution in [2.75, 3.05) is 5.32 Å². The number of nitrogens with one attached hydrogen (secondary N) is 1. The van der Waals surface area contributed by atoms with E-state index in [9.17, 15) is 9.18 Å². The zero-order valence-corrected chi connectivity index (χ0v) is 18.1. The Hall–Kier alpha value is -2.97. The highest BCUT2D eigenvalue weighted by Gasteiger charge is 2.14. The normalized spacial score (nSPS) is 10.9. The molecule has 152 valence electrons. The smallest absolute Gasteiger partial charge is 0.230 e. The van der Waals surface area contributed by atoms with Crippen LogP contribution in [0.15, 0.2) is 70.3 Å².